The molecular formula is C14H20F3N. The molecule has 4 heteroatoms. The molecule has 0 aromatic heterocycles. The molecule has 1 rings (SSSR count). The lowest BCUT2D eigenvalue weighted by Gasteiger charge is -2.15. The molecule has 0 spiro atoms. The quantitative estimate of drug-likeness (QED) is 0.848. The Labute approximate surface area is 106 Å². The molecule has 18 heavy (non-hydrogen) atoms. The van der Waals surface area contributed by atoms with Crippen LogP contribution in [0.2, 0.25) is 0 Å². The third-order valence-corrected chi connectivity index (χ3v) is 2.98. The molecular weight excluding hydrogens is 239 g/mol. The Bertz CT molecular complexity index is 385. The molecule has 0 fully saturated rings. The summed E-state index contributed by atoms with van der Waals surface area (Å²) in [7, 11) is 0. The molecule has 0 saturated carbocycles. The molecule has 0 saturated heterocycles. The van der Waals surface area contributed by atoms with Crippen molar-refractivity contribution in [1.82, 2.24) is 5.32 Å². The second kappa shape index (κ2) is 6.23. The van der Waals surface area contributed by atoms with Crippen molar-refractivity contribution < 1.29 is 13.2 Å². The minimum Gasteiger partial charge on any atom is -0.317 e. The monoisotopic (exact) mass is 259 g/mol. The van der Waals surface area contributed by atoms with Gasteiger partial charge in [0.2, 0.25) is 0 Å². The van der Waals surface area contributed by atoms with Gasteiger partial charge in [-0.3, -0.25) is 0 Å². The van der Waals surface area contributed by atoms with Crippen LogP contribution in [-0.2, 0) is 12.6 Å². The van der Waals surface area contributed by atoms with E-state index in [9.17, 15) is 13.2 Å². The summed E-state index contributed by atoms with van der Waals surface area (Å²) >= 11 is 0. The largest absolute Gasteiger partial charge is 0.416 e. The molecule has 1 atom stereocenters. The first-order chi connectivity index (χ1) is 8.34. The zero-order valence-electron chi connectivity index (χ0n) is 11.1. The second-order valence-electron chi connectivity index (χ2n) is 4.76. The molecule has 102 valence electrons. The minimum absolute atomic E-state index is 0.417. The van der Waals surface area contributed by atoms with Crippen LogP contribution < -0.4 is 5.32 Å². The van der Waals surface area contributed by atoms with Crippen molar-refractivity contribution in [2.75, 3.05) is 13.1 Å². The number of alkyl halides is 3. The van der Waals surface area contributed by atoms with Gasteiger partial charge in [-0.2, -0.15) is 13.2 Å². The summed E-state index contributed by atoms with van der Waals surface area (Å²) in [4.78, 5) is 0. The summed E-state index contributed by atoms with van der Waals surface area (Å²) in [6, 6.07) is 4.00. The van der Waals surface area contributed by atoms with Crippen molar-refractivity contribution in [1.29, 1.82) is 0 Å². The highest BCUT2D eigenvalue weighted by atomic mass is 19.4. The van der Waals surface area contributed by atoms with E-state index in [1.165, 1.54) is 12.1 Å². The summed E-state index contributed by atoms with van der Waals surface area (Å²) in [6.07, 6.45) is -3.45. The molecule has 0 heterocycles. The number of benzene rings is 1. The maximum absolute atomic E-state index is 12.5. The van der Waals surface area contributed by atoms with Crippen LogP contribution in [0.3, 0.4) is 0 Å². The van der Waals surface area contributed by atoms with E-state index in [2.05, 4.69) is 12.2 Å². The fraction of sp³-hybridized carbons (Fsp3) is 0.571. The fourth-order valence-corrected chi connectivity index (χ4v) is 1.94. The molecule has 1 N–H and O–H groups in total. The van der Waals surface area contributed by atoms with Gasteiger partial charge in [-0.15, -0.1) is 0 Å². The molecule has 1 nitrogen and oxygen atoms in total. The fourth-order valence-electron chi connectivity index (χ4n) is 1.94. The molecule has 0 aliphatic carbocycles. The van der Waals surface area contributed by atoms with Crippen LogP contribution >= 0.6 is 0 Å². The molecule has 0 aliphatic heterocycles. The lowest BCUT2D eigenvalue weighted by molar-refractivity contribution is -0.137. The average molecular weight is 259 g/mol. The Morgan fingerprint density at radius 2 is 1.94 bits per heavy atom. The standard InChI is InChI=1S/C14H20F3N/c1-4-18-9-10(2)7-12-5-6-13(8-11(12)3)14(15,16)17/h5-6,8,10,18H,4,7,9H2,1-3H3. The van der Waals surface area contributed by atoms with E-state index in [1.807, 2.05) is 6.92 Å². The number of hydrogen-bond acceptors (Lipinski definition) is 1. The lowest BCUT2D eigenvalue weighted by Crippen LogP contribution is -2.22. The molecule has 1 unspecified atom stereocenters. The summed E-state index contributed by atoms with van der Waals surface area (Å²) in [5, 5.41) is 3.24. The van der Waals surface area contributed by atoms with Crippen molar-refractivity contribution in [2.24, 2.45) is 5.92 Å². The van der Waals surface area contributed by atoms with Crippen molar-refractivity contribution in [3.05, 3.63) is 34.9 Å². The van der Waals surface area contributed by atoms with Crippen LogP contribution in [0, 0.1) is 12.8 Å². The lowest BCUT2D eigenvalue weighted by atomic mass is 9.96. The van der Waals surface area contributed by atoms with Gasteiger partial charge in [0.05, 0.1) is 5.56 Å². The highest BCUT2D eigenvalue weighted by Gasteiger charge is 2.30. The average Bonchev–Trinajstić information content (AvgIpc) is 2.27. The third kappa shape index (κ3) is 4.33. The van der Waals surface area contributed by atoms with Gasteiger partial charge in [0, 0.05) is 0 Å². The van der Waals surface area contributed by atoms with Crippen LogP contribution in [0.4, 0.5) is 13.2 Å². The molecule has 0 bridgehead atoms. The first-order valence-electron chi connectivity index (χ1n) is 6.22. The predicted octanol–water partition coefficient (Wildman–Crippen LogP) is 3.80. The summed E-state index contributed by atoms with van der Waals surface area (Å²) in [6.45, 7) is 7.67. The molecule has 1 aromatic carbocycles. The van der Waals surface area contributed by atoms with Crippen molar-refractivity contribution in [3.8, 4) is 0 Å². The van der Waals surface area contributed by atoms with Crippen molar-refractivity contribution in [2.45, 2.75) is 33.4 Å². The van der Waals surface area contributed by atoms with Crippen LogP contribution in [0.15, 0.2) is 18.2 Å². The van der Waals surface area contributed by atoms with E-state index >= 15 is 0 Å². The van der Waals surface area contributed by atoms with E-state index in [4.69, 9.17) is 0 Å². The first-order valence-corrected chi connectivity index (χ1v) is 6.22. The number of rotatable bonds is 5. The Morgan fingerprint density at radius 3 is 2.44 bits per heavy atom. The van der Waals surface area contributed by atoms with E-state index < -0.39 is 11.7 Å². The van der Waals surface area contributed by atoms with Crippen molar-refractivity contribution >= 4 is 0 Å². The van der Waals surface area contributed by atoms with Gasteiger partial charge in [-0.25, -0.2) is 0 Å². The zero-order valence-corrected chi connectivity index (χ0v) is 11.1. The SMILES string of the molecule is CCNCC(C)Cc1ccc(C(F)(F)F)cc1C. The summed E-state index contributed by atoms with van der Waals surface area (Å²) in [5.74, 6) is 0.417. The number of hydrogen-bond donors (Lipinski definition) is 1. The van der Waals surface area contributed by atoms with E-state index in [0.717, 1.165) is 25.1 Å². The van der Waals surface area contributed by atoms with Crippen LogP contribution in [0.25, 0.3) is 0 Å². The highest BCUT2D eigenvalue weighted by molar-refractivity contribution is 5.32. The van der Waals surface area contributed by atoms with Gasteiger partial charge in [-0.1, -0.05) is 19.9 Å². The number of aryl methyl sites for hydroxylation is 1. The van der Waals surface area contributed by atoms with Gasteiger partial charge < -0.3 is 5.32 Å². The van der Waals surface area contributed by atoms with E-state index in [0.29, 0.717) is 11.5 Å². The molecule has 0 amide bonds. The third-order valence-electron chi connectivity index (χ3n) is 2.98. The van der Waals surface area contributed by atoms with Gasteiger partial charge in [0.25, 0.3) is 0 Å². The maximum Gasteiger partial charge on any atom is 0.416 e. The van der Waals surface area contributed by atoms with Crippen LogP contribution in [-0.4, -0.2) is 13.1 Å². The Hall–Kier alpha value is -1.03. The Balaban J connectivity index is 2.74. The van der Waals surface area contributed by atoms with Crippen LogP contribution in [0.1, 0.15) is 30.5 Å². The maximum atomic E-state index is 12.5. The van der Waals surface area contributed by atoms with Gasteiger partial charge in [-0.05, 0) is 55.6 Å². The van der Waals surface area contributed by atoms with Crippen molar-refractivity contribution in [3.63, 3.8) is 0 Å². The number of halogens is 3. The predicted molar refractivity (Wildman–Crippen MR) is 67.6 cm³/mol. The first kappa shape index (κ1) is 15.0. The summed E-state index contributed by atoms with van der Waals surface area (Å²) < 4.78 is 37.6. The number of nitrogens with one attached hydrogen (secondary N) is 1. The van der Waals surface area contributed by atoms with E-state index in [-0.39, 0.29) is 0 Å². The second-order valence-corrected chi connectivity index (χ2v) is 4.76. The normalized spacial score (nSPS) is 13.7. The van der Waals surface area contributed by atoms with Gasteiger partial charge in [0.1, 0.15) is 0 Å². The van der Waals surface area contributed by atoms with Crippen LogP contribution in [0.5, 0.6) is 0 Å². The highest BCUT2D eigenvalue weighted by Crippen LogP contribution is 2.30. The smallest absolute Gasteiger partial charge is 0.317 e. The molecule has 0 radical (unpaired) electrons. The Kier molecular flexibility index (Phi) is 5.20. The topological polar surface area (TPSA) is 12.0 Å². The van der Waals surface area contributed by atoms with Gasteiger partial charge >= 0.3 is 6.18 Å². The molecule has 0 aliphatic rings. The zero-order chi connectivity index (χ0) is 13.8. The molecule has 1 aromatic rings. The summed E-state index contributed by atoms with van der Waals surface area (Å²) in [5.41, 5.74) is 1.14. The minimum atomic E-state index is -4.25. The Morgan fingerprint density at radius 1 is 1.28 bits per heavy atom. The van der Waals surface area contributed by atoms with Gasteiger partial charge in [0.15, 0.2) is 0 Å². The van der Waals surface area contributed by atoms with E-state index in [1.54, 1.807) is 13.0 Å².